The highest BCUT2D eigenvalue weighted by atomic mass is 35.5. The number of halogens is 1. The van der Waals surface area contributed by atoms with E-state index in [1.807, 2.05) is 13.8 Å². The molecule has 7 heteroatoms. The second-order valence-corrected chi connectivity index (χ2v) is 6.69. The standard InChI is InChI=1S/C10H23N3O2S.ClH/c1-9(2)13-16(14,15)12-8-10(3)4-6-11-7-5-10;/h9,11-13H,4-8H2,1-3H3;1H. The molecule has 1 rings (SSSR count). The van der Waals surface area contributed by atoms with E-state index in [1.54, 1.807) is 0 Å². The van der Waals surface area contributed by atoms with Crippen LogP contribution in [0.2, 0.25) is 0 Å². The molecular formula is C10H24ClN3O2S. The summed E-state index contributed by atoms with van der Waals surface area (Å²) < 4.78 is 28.3. The fraction of sp³-hybridized carbons (Fsp3) is 1.00. The normalized spacial score (nSPS) is 20.0. The minimum atomic E-state index is -3.34. The molecule has 0 spiro atoms. The molecule has 0 radical (unpaired) electrons. The summed E-state index contributed by atoms with van der Waals surface area (Å²) in [6.07, 6.45) is 2.02. The summed E-state index contributed by atoms with van der Waals surface area (Å²) in [6, 6.07) is -0.0710. The van der Waals surface area contributed by atoms with E-state index in [4.69, 9.17) is 0 Å². The van der Waals surface area contributed by atoms with Crippen molar-refractivity contribution in [1.29, 1.82) is 0 Å². The maximum absolute atomic E-state index is 11.6. The molecule has 17 heavy (non-hydrogen) atoms. The van der Waals surface area contributed by atoms with Crippen LogP contribution in [0.5, 0.6) is 0 Å². The Morgan fingerprint density at radius 1 is 1.29 bits per heavy atom. The van der Waals surface area contributed by atoms with Crippen molar-refractivity contribution in [2.24, 2.45) is 5.41 Å². The van der Waals surface area contributed by atoms with Gasteiger partial charge in [-0.25, -0.2) is 4.72 Å². The van der Waals surface area contributed by atoms with E-state index >= 15 is 0 Å². The third kappa shape index (κ3) is 6.57. The highest BCUT2D eigenvalue weighted by Crippen LogP contribution is 2.26. The number of hydrogen-bond acceptors (Lipinski definition) is 3. The zero-order chi connectivity index (χ0) is 12.2. The molecule has 1 heterocycles. The van der Waals surface area contributed by atoms with E-state index in [9.17, 15) is 8.42 Å². The fourth-order valence-corrected chi connectivity index (χ4v) is 3.07. The molecule has 0 aromatic heterocycles. The zero-order valence-electron chi connectivity index (χ0n) is 10.7. The van der Waals surface area contributed by atoms with Crippen LogP contribution in [0.3, 0.4) is 0 Å². The van der Waals surface area contributed by atoms with Crippen LogP contribution in [-0.4, -0.2) is 34.1 Å². The van der Waals surface area contributed by atoms with Crippen molar-refractivity contribution in [2.45, 2.75) is 39.7 Å². The SMILES string of the molecule is CC(C)NS(=O)(=O)NCC1(C)CCNCC1.Cl. The van der Waals surface area contributed by atoms with Gasteiger partial charge in [0.25, 0.3) is 10.2 Å². The lowest BCUT2D eigenvalue weighted by Gasteiger charge is -2.34. The Balaban J connectivity index is 0.00000256. The quantitative estimate of drug-likeness (QED) is 0.694. The minimum Gasteiger partial charge on any atom is -0.317 e. The number of hydrogen-bond donors (Lipinski definition) is 3. The molecule has 1 fully saturated rings. The van der Waals surface area contributed by atoms with Gasteiger partial charge in [-0.2, -0.15) is 13.1 Å². The number of rotatable bonds is 5. The van der Waals surface area contributed by atoms with Crippen molar-refractivity contribution in [3.63, 3.8) is 0 Å². The van der Waals surface area contributed by atoms with E-state index in [0.29, 0.717) is 6.54 Å². The molecule has 0 aliphatic carbocycles. The Morgan fingerprint density at radius 3 is 2.29 bits per heavy atom. The van der Waals surface area contributed by atoms with Gasteiger partial charge in [0.2, 0.25) is 0 Å². The summed E-state index contributed by atoms with van der Waals surface area (Å²) in [5.41, 5.74) is 0.0803. The molecule has 1 aliphatic rings. The largest absolute Gasteiger partial charge is 0.317 e. The average Bonchev–Trinajstić information content (AvgIpc) is 2.15. The van der Waals surface area contributed by atoms with E-state index in [0.717, 1.165) is 25.9 Å². The molecule has 1 saturated heterocycles. The van der Waals surface area contributed by atoms with Crippen LogP contribution >= 0.6 is 12.4 Å². The second kappa shape index (κ2) is 6.89. The first-order valence-electron chi connectivity index (χ1n) is 5.81. The van der Waals surface area contributed by atoms with Gasteiger partial charge in [-0.1, -0.05) is 6.92 Å². The number of piperidine rings is 1. The van der Waals surface area contributed by atoms with Crippen molar-refractivity contribution >= 4 is 22.6 Å². The van der Waals surface area contributed by atoms with Gasteiger partial charge in [0.05, 0.1) is 0 Å². The highest BCUT2D eigenvalue weighted by molar-refractivity contribution is 7.87. The molecule has 5 nitrogen and oxygen atoms in total. The van der Waals surface area contributed by atoms with Gasteiger partial charge in [-0.3, -0.25) is 0 Å². The van der Waals surface area contributed by atoms with Crippen LogP contribution in [0.1, 0.15) is 33.6 Å². The molecule has 0 atom stereocenters. The Bertz CT molecular complexity index is 314. The summed E-state index contributed by atoms with van der Waals surface area (Å²) in [5.74, 6) is 0. The topological polar surface area (TPSA) is 70.2 Å². The summed E-state index contributed by atoms with van der Waals surface area (Å²) in [5, 5.41) is 3.28. The Labute approximate surface area is 111 Å². The van der Waals surface area contributed by atoms with Crippen molar-refractivity contribution < 1.29 is 8.42 Å². The maximum atomic E-state index is 11.6. The molecule has 0 unspecified atom stereocenters. The van der Waals surface area contributed by atoms with Gasteiger partial charge in [0.15, 0.2) is 0 Å². The molecule has 0 bridgehead atoms. The van der Waals surface area contributed by atoms with E-state index in [2.05, 4.69) is 21.7 Å². The van der Waals surface area contributed by atoms with Crippen LogP contribution in [0, 0.1) is 5.41 Å². The van der Waals surface area contributed by atoms with E-state index < -0.39 is 10.2 Å². The lowest BCUT2D eigenvalue weighted by atomic mass is 9.81. The van der Waals surface area contributed by atoms with Crippen molar-refractivity contribution in [2.75, 3.05) is 19.6 Å². The molecular weight excluding hydrogens is 262 g/mol. The van der Waals surface area contributed by atoms with Gasteiger partial charge in [0, 0.05) is 12.6 Å². The summed E-state index contributed by atoms with van der Waals surface area (Å²) in [6.45, 7) is 8.20. The summed E-state index contributed by atoms with van der Waals surface area (Å²) >= 11 is 0. The van der Waals surface area contributed by atoms with Gasteiger partial charge in [-0.05, 0) is 45.2 Å². The average molecular weight is 286 g/mol. The first-order valence-corrected chi connectivity index (χ1v) is 7.29. The van der Waals surface area contributed by atoms with Crippen LogP contribution in [0.4, 0.5) is 0 Å². The summed E-state index contributed by atoms with van der Waals surface area (Å²) in [7, 11) is -3.34. The molecule has 0 saturated carbocycles. The van der Waals surface area contributed by atoms with Gasteiger partial charge in [-0.15, -0.1) is 12.4 Å². The molecule has 3 N–H and O–H groups in total. The van der Waals surface area contributed by atoms with E-state index in [1.165, 1.54) is 0 Å². The van der Waals surface area contributed by atoms with Crippen LogP contribution in [0.15, 0.2) is 0 Å². The van der Waals surface area contributed by atoms with Crippen LogP contribution in [-0.2, 0) is 10.2 Å². The smallest absolute Gasteiger partial charge is 0.277 e. The predicted molar refractivity (Wildman–Crippen MR) is 72.7 cm³/mol. The zero-order valence-corrected chi connectivity index (χ0v) is 12.4. The van der Waals surface area contributed by atoms with Gasteiger partial charge >= 0.3 is 0 Å². The first-order chi connectivity index (χ1) is 7.33. The number of nitrogens with one attached hydrogen (secondary N) is 3. The van der Waals surface area contributed by atoms with Gasteiger partial charge < -0.3 is 5.32 Å². The lowest BCUT2D eigenvalue weighted by Crippen LogP contribution is -2.47. The molecule has 0 aromatic rings. The van der Waals surface area contributed by atoms with Crippen molar-refractivity contribution in [1.82, 2.24) is 14.8 Å². The first kappa shape index (κ1) is 17.1. The minimum absolute atomic E-state index is 0. The second-order valence-electron chi connectivity index (χ2n) is 5.16. The Hall–Kier alpha value is 0.120. The van der Waals surface area contributed by atoms with Crippen LogP contribution < -0.4 is 14.8 Å². The molecule has 1 aliphatic heterocycles. The highest BCUT2D eigenvalue weighted by Gasteiger charge is 2.28. The molecule has 0 aromatic carbocycles. The van der Waals surface area contributed by atoms with E-state index in [-0.39, 0.29) is 23.9 Å². The maximum Gasteiger partial charge on any atom is 0.277 e. The fourth-order valence-electron chi connectivity index (χ4n) is 1.83. The van der Waals surface area contributed by atoms with Gasteiger partial charge in [0.1, 0.15) is 0 Å². The Morgan fingerprint density at radius 2 is 1.82 bits per heavy atom. The monoisotopic (exact) mass is 285 g/mol. The molecule has 104 valence electrons. The van der Waals surface area contributed by atoms with Crippen molar-refractivity contribution in [3.8, 4) is 0 Å². The lowest BCUT2D eigenvalue weighted by molar-refractivity contribution is 0.232. The van der Waals surface area contributed by atoms with Crippen molar-refractivity contribution in [3.05, 3.63) is 0 Å². The molecule has 0 amide bonds. The summed E-state index contributed by atoms with van der Waals surface area (Å²) in [4.78, 5) is 0. The van der Waals surface area contributed by atoms with Crippen LogP contribution in [0.25, 0.3) is 0 Å². The third-order valence-corrected chi connectivity index (χ3v) is 4.20. The predicted octanol–water partition coefficient (Wildman–Crippen LogP) is 0.630. The Kier molecular flexibility index (Phi) is 6.94. The third-order valence-electron chi connectivity index (χ3n) is 2.89.